The van der Waals surface area contributed by atoms with Crippen LogP contribution in [0.25, 0.3) is 27.7 Å². The molecule has 0 atom stereocenters. The van der Waals surface area contributed by atoms with Crippen molar-refractivity contribution in [3.8, 4) is 11.3 Å². The van der Waals surface area contributed by atoms with E-state index in [1.165, 1.54) is 10.8 Å². The molecule has 9 heteroatoms. The topological polar surface area (TPSA) is 94.9 Å². The Kier molecular flexibility index (Phi) is 5.29. The lowest BCUT2D eigenvalue weighted by Gasteiger charge is -2.06. The SMILES string of the molecule is CCn1ncc(-c2ccnc3cc(C(=O)Nc4cnn(Cc5cccc6ccccc56)c4)nn23)c1C. The maximum atomic E-state index is 13.0. The Morgan fingerprint density at radius 2 is 1.89 bits per heavy atom. The van der Waals surface area contributed by atoms with Gasteiger partial charge in [-0.25, -0.2) is 9.50 Å². The Hall–Kier alpha value is -4.79. The normalized spacial score (nSPS) is 11.4. The second-order valence-corrected chi connectivity index (χ2v) is 8.61. The summed E-state index contributed by atoms with van der Waals surface area (Å²) in [5.41, 5.74) is 5.45. The molecule has 4 heterocycles. The molecule has 4 aromatic heterocycles. The van der Waals surface area contributed by atoms with Crippen LogP contribution in [0.1, 0.15) is 28.7 Å². The van der Waals surface area contributed by atoms with E-state index in [4.69, 9.17) is 0 Å². The molecular weight excluding hydrogens is 452 g/mol. The lowest BCUT2D eigenvalue weighted by molar-refractivity contribution is 0.102. The molecule has 0 aliphatic heterocycles. The van der Waals surface area contributed by atoms with Gasteiger partial charge >= 0.3 is 0 Å². The van der Waals surface area contributed by atoms with Gasteiger partial charge in [0, 0.05) is 36.3 Å². The van der Waals surface area contributed by atoms with E-state index < -0.39 is 0 Å². The highest BCUT2D eigenvalue weighted by atomic mass is 16.2. The summed E-state index contributed by atoms with van der Waals surface area (Å²) in [4.78, 5) is 17.4. The molecule has 0 aliphatic rings. The number of carbonyl (C=O) groups excluding carboxylic acids is 1. The number of benzene rings is 2. The summed E-state index contributed by atoms with van der Waals surface area (Å²) >= 11 is 0. The van der Waals surface area contributed by atoms with Gasteiger partial charge in [0.05, 0.1) is 30.3 Å². The van der Waals surface area contributed by atoms with Crippen molar-refractivity contribution in [3.05, 3.63) is 96.3 Å². The lowest BCUT2D eigenvalue weighted by atomic mass is 10.0. The van der Waals surface area contributed by atoms with E-state index >= 15 is 0 Å². The number of fused-ring (bicyclic) bond motifs is 2. The highest BCUT2D eigenvalue weighted by Crippen LogP contribution is 2.24. The minimum Gasteiger partial charge on any atom is -0.318 e. The van der Waals surface area contributed by atoms with E-state index in [9.17, 15) is 4.79 Å². The number of nitrogens with one attached hydrogen (secondary N) is 1. The van der Waals surface area contributed by atoms with Crippen molar-refractivity contribution >= 4 is 28.0 Å². The van der Waals surface area contributed by atoms with Crippen LogP contribution < -0.4 is 5.32 Å². The molecule has 0 unspecified atom stereocenters. The Bertz CT molecular complexity index is 1720. The minimum absolute atomic E-state index is 0.275. The van der Waals surface area contributed by atoms with E-state index in [-0.39, 0.29) is 11.6 Å². The Labute approximate surface area is 207 Å². The van der Waals surface area contributed by atoms with Crippen molar-refractivity contribution in [2.75, 3.05) is 5.32 Å². The monoisotopic (exact) mass is 476 g/mol. The van der Waals surface area contributed by atoms with Gasteiger partial charge in [-0.15, -0.1) is 0 Å². The van der Waals surface area contributed by atoms with Crippen LogP contribution in [0.5, 0.6) is 0 Å². The minimum atomic E-state index is -0.322. The molecule has 0 saturated carbocycles. The molecule has 0 radical (unpaired) electrons. The molecule has 0 saturated heterocycles. The van der Waals surface area contributed by atoms with Crippen LogP contribution in [-0.2, 0) is 13.1 Å². The number of amides is 1. The molecule has 6 aromatic rings. The quantitative estimate of drug-likeness (QED) is 0.380. The van der Waals surface area contributed by atoms with Gasteiger partial charge in [0.2, 0.25) is 0 Å². The number of nitrogens with zero attached hydrogens (tertiary/aromatic N) is 7. The first-order chi connectivity index (χ1) is 17.6. The van der Waals surface area contributed by atoms with E-state index in [1.807, 2.05) is 59.9 Å². The average Bonchev–Trinajstić information content (AvgIpc) is 3.62. The third-order valence-corrected chi connectivity index (χ3v) is 6.37. The number of hydrogen-bond acceptors (Lipinski definition) is 5. The van der Waals surface area contributed by atoms with Gasteiger partial charge in [-0.05, 0) is 36.2 Å². The number of anilines is 1. The summed E-state index contributed by atoms with van der Waals surface area (Å²) in [5.74, 6) is -0.322. The fourth-order valence-corrected chi connectivity index (χ4v) is 4.54. The summed E-state index contributed by atoms with van der Waals surface area (Å²) in [5, 5.41) is 18.7. The lowest BCUT2D eigenvalue weighted by Crippen LogP contribution is -2.12. The molecule has 0 spiro atoms. The third kappa shape index (κ3) is 3.80. The highest BCUT2D eigenvalue weighted by molar-refractivity contribution is 6.03. The largest absolute Gasteiger partial charge is 0.318 e. The van der Waals surface area contributed by atoms with Crippen molar-refractivity contribution < 1.29 is 4.79 Å². The van der Waals surface area contributed by atoms with Crippen LogP contribution in [0.2, 0.25) is 0 Å². The number of rotatable bonds is 6. The van der Waals surface area contributed by atoms with Crippen LogP contribution >= 0.6 is 0 Å². The highest BCUT2D eigenvalue weighted by Gasteiger charge is 2.17. The van der Waals surface area contributed by atoms with Crippen molar-refractivity contribution in [2.45, 2.75) is 26.9 Å². The van der Waals surface area contributed by atoms with Gasteiger partial charge < -0.3 is 5.32 Å². The molecule has 1 N–H and O–H groups in total. The summed E-state index contributed by atoms with van der Waals surface area (Å²) in [6.45, 7) is 5.45. The zero-order valence-electron chi connectivity index (χ0n) is 20.0. The molecule has 0 aliphatic carbocycles. The van der Waals surface area contributed by atoms with Gasteiger partial charge in [-0.1, -0.05) is 42.5 Å². The van der Waals surface area contributed by atoms with E-state index in [0.29, 0.717) is 17.9 Å². The van der Waals surface area contributed by atoms with Crippen molar-refractivity contribution in [1.29, 1.82) is 0 Å². The second-order valence-electron chi connectivity index (χ2n) is 8.61. The standard InChI is InChI=1S/C27H24N8O/c1-3-34-18(2)23(15-30-34)25-11-12-28-26-13-24(32-35(25)26)27(36)31-21-14-29-33(17-21)16-20-9-6-8-19-7-4-5-10-22(19)20/h4-15,17H,3,16H2,1-2H3,(H,31,36). The maximum Gasteiger partial charge on any atom is 0.276 e. The van der Waals surface area contributed by atoms with E-state index in [2.05, 4.69) is 49.9 Å². The zero-order chi connectivity index (χ0) is 24.6. The molecule has 0 bridgehead atoms. The molecule has 36 heavy (non-hydrogen) atoms. The molecule has 9 nitrogen and oxygen atoms in total. The number of aryl methyl sites for hydroxylation is 1. The summed E-state index contributed by atoms with van der Waals surface area (Å²) in [6.07, 6.45) is 7.00. The number of carbonyl (C=O) groups is 1. The molecule has 178 valence electrons. The van der Waals surface area contributed by atoms with Crippen LogP contribution in [0.15, 0.2) is 79.4 Å². The van der Waals surface area contributed by atoms with Crippen LogP contribution in [0.4, 0.5) is 5.69 Å². The van der Waals surface area contributed by atoms with Crippen LogP contribution in [0, 0.1) is 6.92 Å². The van der Waals surface area contributed by atoms with Gasteiger partial charge in [-0.2, -0.15) is 15.3 Å². The Morgan fingerprint density at radius 1 is 1.03 bits per heavy atom. The van der Waals surface area contributed by atoms with E-state index in [1.54, 1.807) is 23.0 Å². The van der Waals surface area contributed by atoms with Crippen LogP contribution in [0.3, 0.4) is 0 Å². The number of hydrogen-bond donors (Lipinski definition) is 1. The van der Waals surface area contributed by atoms with Gasteiger partial charge in [0.25, 0.3) is 5.91 Å². The first-order valence-electron chi connectivity index (χ1n) is 11.8. The zero-order valence-corrected chi connectivity index (χ0v) is 20.0. The second kappa shape index (κ2) is 8.77. The molecule has 6 rings (SSSR count). The Morgan fingerprint density at radius 3 is 2.75 bits per heavy atom. The number of aromatic nitrogens is 7. The van der Waals surface area contributed by atoms with Gasteiger partial charge in [0.15, 0.2) is 11.3 Å². The van der Waals surface area contributed by atoms with Crippen LogP contribution in [-0.4, -0.2) is 40.1 Å². The molecule has 2 aromatic carbocycles. The fourth-order valence-electron chi connectivity index (χ4n) is 4.54. The molecule has 0 fully saturated rings. The Balaban J connectivity index is 1.24. The molecular formula is C27H24N8O. The van der Waals surface area contributed by atoms with Crippen molar-refractivity contribution in [1.82, 2.24) is 34.2 Å². The summed E-state index contributed by atoms with van der Waals surface area (Å²) < 4.78 is 5.42. The summed E-state index contributed by atoms with van der Waals surface area (Å²) in [7, 11) is 0. The summed E-state index contributed by atoms with van der Waals surface area (Å²) in [6, 6.07) is 18.1. The first kappa shape index (κ1) is 21.7. The van der Waals surface area contributed by atoms with Crippen molar-refractivity contribution in [2.24, 2.45) is 0 Å². The third-order valence-electron chi connectivity index (χ3n) is 6.37. The van der Waals surface area contributed by atoms with Crippen molar-refractivity contribution in [3.63, 3.8) is 0 Å². The van der Waals surface area contributed by atoms with Gasteiger partial charge in [-0.3, -0.25) is 14.2 Å². The van der Waals surface area contributed by atoms with Gasteiger partial charge in [0.1, 0.15) is 0 Å². The predicted molar refractivity (Wildman–Crippen MR) is 138 cm³/mol. The smallest absolute Gasteiger partial charge is 0.276 e. The van der Waals surface area contributed by atoms with E-state index in [0.717, 1.165) is 29.1 Å². The predicted octanol–water partition coefficient (Wildman–Crippen LogP) is 4.57. The fraction of sp³-hybridized carbons (Fsp3) is 0.148. The molecule has 1 amide bonds. The first-order valence-corrected chi connectivity index (χ1v) is 11.8. The maximum absolute atomic E-state index is 13.0. The average molecular weight is 477 g/mol.